The van der Waals surface area contributed by atoms with Gasteiger partial charge in [-0.25, -0.2) is 9.67 Å². The Kier molecular flexibility index (Phi) is 5.12. The highest BCUT2D eigenvalue weighted by Gasteiger charge is 2.20. The molecule has 3 rings (SSSR count). The van der Waals surface area contributed by atoms with Crippen molar-refractivity contribution < 1.29 is 4.79 Å². The number of fused-ring (bicyclic) bond motifs is 1. The maximum Gasteiger partial charge on any atom is 0.264 e. The van der Waals surface area contributed by atoms with E-state index >= 15 is 0 Å². The minimum Gasteiger partial charge on any atom is -0.350 e. The summed E-state index contributed by atoms with van der Waals surface area (Å²) in [6.45, 7) is 8.23. The molecule has 1 N–H and O–H groups in total. The molecule has 27 heavy (non-hydrogen) atoms. The van der Waals surface area contributed by atoms with E-state index < -0.39 is 0 Å². The number of carbonyl (C=O) groups is 1. The minimum absolute atomic E-state index is 0.0824. The van der Waals surface area contributed by atoms with Crippen LogP contribution in [0.1, 0.15) is 45.7 Å². The zero-order chi connectivity index (χ0) is 19.6. The molecule has 1 amide bonds. The summed E-state index contributed by atoms with van der Waals surface area (Å²) >= 11 is 0. The molecule has 0 aliphatic carbocycles. The standard InChI is InChI=1S/C20H25N5O2/c1-14(15-8-6-5-7-9-15)23-17(26)10-11-24-13-21-18-16(19(24)27)12-22-25(18)20(2,3)4/h5-9,12-14H,10-11H2,1-4H3,(H,23,26). The second-order valence-corrected chi connectivity index (χ2v) is 7.66. The van der Waals surface area contributed by atoms with Gasteiger partial charge in [0.25, 0.3) is 5.56 Å². The third-order valence-electron chi connectivity index (χ3n) is 4.45. The summed E-state index contributed by atoms with van der Waals surface area (Å²) in [7, 11) is 0. The van der Waals surface area contributed by atoms with Gasteiger partial charge in [0.1, 0.15) is 5.39 Å². The number of hydrogen-bond acceptors (Lipinski definition) is 4. The number of aromatic nitrogens is 4. The fourth-order valence-corrected chi connectivity index (χ4v) is 2.96. The van der Waals surface area contributed by atoms with Crippen LogP contribution < -0.4 is 10.9 Å². The first-order chi connectivity index (χ1) is 12.8. The van der Waals surface area contributed by atoms with E-state index in [4.69, 9.17) is 0 Å². The van der Waals surface area contributed by atoms with Crippen LogP contribution in [0.2, 0.25) is 0 Å². The zero-order valence-corrected chi connectivity index (χ0v) is 16.1. The van der Waals surface area contributed by atoms with Crippen molar-refractivity contribution >= 4 is 16.9 Å². The summed E-state index contributed by atoms with van der Waals surface area (Å²) in [5.41, 5.74) is 1.16. The zero-order valence-electron chi connectivity index (χ0n) is 16.1. The number of rotatable bonds is 5. The molecule has 142 valence electrons. The quantitative estimate of drug-likeness (QED) is 0.751. The molecule has 0 fully saturated rings. The van der Waals surface area contributed by atoms with Crippen LogP contribution in [0.4, 0.5) is 0 Å². The lowest BCUT2D eigenvalue weighted by atomic mass is 10.1. The van der Waals surface area contributed by atoms with Crippen molar-refractivity contribution in [2.75, 3.05) is 0 Å². The number of aryl methyl sites for hydroxylation is 1. The Labute approximate surface area is 158 Å². The van der Waals surface area contributed by atoms with Crippen molar-refractivity contribution in [2.24, 2.45) is 0 Å². The van der Waals surface area contributed by atoms with Gasteiger partial charge in [-0.2, -0.15) is 5.10 Å². The third-order valence-corrected chi connectivity index (χ3v) is 4.45. The van der Waals surface area contributed by atoms with E-state index in [9.17, 15) is 9.59 Å². The van der Waals surface area contributed by atoms with Gasteiger partial charge >= 0.3 is 0 Å². The number of amides is 1. The van der Waals surface area contributed by atoms with Crippen molar-refractivity contribution in [1.82, 2.24) is 24.6 Å². The molecular weight excluding hydrogens is 342 g/mol. The molecule has 0 radical (unpaired) electrons. The number of carbonyl (C=O) groups excluding carboxylic acids is 1. The van der Waals surface area contributed by atoms with Gasteiger partial charge in [-0.15, -0.1) is 0 Å². The average molecular weight is 367 g/mol. The fraction of sp³-hybridized carbons (Fsp3) is 0.400. The molecule has 0 saturated carbocycles. The topological polar surface area (TPSA) is 81.8 Å². The van der Waals surface area contributed by atoms with Gasteiger partial charge in [-0.3, -0.25) is 14.2 Å². The maximum absolute atomic E-state index is 12.7. The van der Waals surface area contributed by atoms with Crippen LogP contribution in [0.15, 0.2) is 47.7 Å². The Morgan fingerprint density at radius 1 is 1.22 bits per heavy atom. The predicted octanol–water partition coefficient (Wildman–Crippen LogP) is 2.62. The summed E-state index contributed by atoms with van der Waals surface area (Å²) in [6.07, 6.45) is 3.24. The highest BCUT2D eigenvalue weighted by atomic mass is 16.2. The molecule has 7 heteroatoms. The number of nitrogens with zero attached hydrogens (tertiary/aromatic N) is 4. The van der Waals surface area contributed by atoms with Crippen LogP contribution in [0.25, 0.3) is 11.0 Å². The SMILES string of the molecule is CC(NC(=O)CCn1cnc2c(cnn2C(C)(C)C)c1=O)c1ccccc1. The monoisotopic (exact) mass is 367 g/mol. The lowest BCUT2D eigenvalue weighted by Crippen LogP contribution is -2.29. The smallest absolute Gasteiger partial charge is 0.264 e. The van der Waals surface area contributed by atoms with E-state index in [2.05, 4.69) is 15.4 Å². The Hall–Kier alpha value is -2.96. The molecule has 2 heterocycles. The molecule has 0 spiro atoms. The van der Waals surface area contributed by atoms with Gasteiger partial charge in [0, 0.05) is 13.0 Å². The molecule has 2 aromatic heterocycles. The maximum atomic E-state index is 12.7. The number of hydrogen-bond donors (Lipinski definition) is 1. The summed E-state index contributed by atoms with van der Waals surface area (Å²) < 4.78 is 3.20. The van der Waals surface area contributed by atoms with Crippen molar-refractivity contribution in [3.05, 3.63) is 58.8 Å². The van der Waals surface area contributed by atoms with E-state index in [-0.39, 0.29) is 36.0 Å². The highest BCUT2D eigenvalue weighted by molar-refractivity contribution is 5.76. The second kappa shape index (κ2) is 7.34. The normalized spacial score (nSPS) is 12.9. The molecule has 0 bridgehead atoms. The van der Waals surface area contributed by atoms with Crippen LogP contribution in [0.3, 0.4) is 0 Å². The molecule has 1 aromatic carbocycles. The average Bonchev–Trinajstić information content (AvgIpc) is 3.07. The van der Waals surface area contributed by atoms with Crippen LogP contribution in [0, 0.1) is 0 Å². The molecule has 0 saturated heterocycles. The molecular formula is C20H25N5O2. The van der Waals surface area contributed by atoms with Crippen molar-refractivity contribution in [2.45, 2.75) is 52.2 Å². The van der Waals surface area contributed by atoms with E-state index in [0.29, 0.717) is 11.0 Å². The van der Waals surface area contributed by atoms with Crippen LogP contribution in [-0.2, 0) is 16.9 Å². The Morgan fingerprint density at radius 2 is 1.93 bits per heavy atom. The van der Waals surface area contributed by atoms with Crippen LogP contribution in [0.5, 0.6) is 0 Å². The number of nitrogens with one attached hydrogen (secondary N) is 1. The van der Waals surface area contributed by atoms with Crippen molar-refractivity contribution in [3.8, 4) is 0 Å². The lowest BCUT2D eigenvalue weighted by molar-refractivity contribution is -0.121. The third kappa shape index (κ3) is 4.07. The Bertz CT molecular complexity index is 999. The van der Waals surface area contributed by atoms with Crippen molar-refractivity contribution in [3.63, 3.8) is 0 Å². The highest BCUT2D eigenvalue weighted by Crippen LogP contribution is 2.17. The Balaban J connectivity index is 1.69. The molecule has 3 aromatic rings. The van der Waals surface area contributed by atoms with Gasteiger partial charge in [0.05, 0.1) is 24.1 Å². The van der Waals surface area contributed by atoms with E-state index in [1.165, 1.54) is 10.9 Å². The molecule has 1 unspecified atom stereocenters. The number of benzene rings is 1. The van der Waals surface area contributed by atoms with Crippen LogP contribution in [-0.4, -0.2) is 25.2 Å². The molecule has 0 aliphatic rings. The van der Waals surface area contributed by atoms with Gasteiger partial charge < -0.3 is 5.32 Å². The van der Waals surface area contributed by atoms with E-state index in [1.54, 1.807) is 10.9 Å². The molecule has 0 aliphatic heterocycles. The van der Waals surface area contributed by atoms with Gasteiger partial charge in [-0.1, -0.05) is 30.3 Å². The molecule has 1 atom stereocenters. The van der Waals surface area contributed by atoms with Gasteiger partial charge in [-0.05, 0) is 33.3 Å². The summed E-state index contributed by atoms with van der Waals surface area (Å²) in [5, 5.41) is 7.72. The Morgan fingerprint density at radius 3 is 2.59 bits per heavy atom. The van der Waals surface area contributed by atoms with Gasteiger partial charge in [0.15, 0.2) is 5.65 Å². The van der Waals surface area contributed by atoms with Crippen molar-refractivity contribution in [1.29, 1.82) is 0 Å². The van der Waals surface area contributed by atoms with Gasteiger partial charge in [0.2, 0.25) is 5.91 Å². The largest absolute Gasteiger partial charge is 0.350 e. The summed E-state index contributed by atoms with van der Waals surface area (Å²) in [4.78, 5) is 29.3. The lowest BCUT2D eigenvalue weighted by Gasteiger charge is -2.19. The second-order valence-electron chi connectivity index (χ2n) is 7.66. The first kappa shape index (κ1) is 18.8. The fourth-order valence-electron chi connectivity index (χ4n) is 2.96. The first-order valence-corrected chi connectivity index (χ1v) is 9.05. The summed E-state index contributed by atoms with van der Waals surface area (Å²) in [6, 6.07) is 9.68. The molecule has 7 nitrogen and oxygen atoms in total. The van der Waals surface area contributed by atoms with Crippen LogP contribution >= 0.6 is 0 Å². The minimum atomic E-state index is -0.263. The first-order valence-electron chi connectivity index (χ1n) is 9.05. The van der Waals surface area contributed by atoms with E-state index in [1.807, 2.05) is 58.0 Å². The van der Waals surface area contributed by atoms with E-state index in [0.717, 1.165) is 5.56 Å². The predicted molar refractivity (Wildman–Crippen MR) is 104 cm³/mol. The summed E-state index contributed by atoms with van der Waals surface area (Å²) in [5.74, 6) is -0.108.